The van der Waals surface area contributed by atoms with Crippen LogP contribution in [0.4, 0.5) is 0 Å². The fourth-order valence-electron chi connectivity index (χ4n) is 6.32. The minimum atomic E-state index is 0.690. The van der Waals surface area contributed by atoms with Crippen molar-refractivity contribution in [2.75, 3.05) is 0 Å². The van der Waals surface area contributed by atoms with E-state index >= 15 is 0 Å². The van der Waals surface area contributed by atoms with E-state index in [0.29, 0.717) is 5.92 Å². The van der Waals surface area contributed by atoms with Crippen molar-refractivity contribution in [3.05, 3.63) is 82.9 Å². The average Bonchev–Trinajstić information content (AvgIpc) is 2.92. The Morgan fingerprint density at radius 2 is 1.31 bits per heavy atom. The first kappa shape index (κ1) is 25.8. The summed E-state index contributed by atoms with van der Waals surface area (Å²) in [6.07, 6.45) is 21.8. The van der Waals surface area contributed by atoms with Crippen molar-refractivity contribution in [3.63, 3.8) is 0 Å². The normalized spacial score (nSPS) is 24.7. The van der Waals surface area contributed by atoms with Crippen LogP contribution in [-0.2, 0) is 6.42 Å². The highest BCUT2D eigenvalue weighted by molar-refractivity contribution is 5.39. The van der Waals surface area contributed by atoms with E-state index in [-0.39, 0.29) is 0 Å². The molecule has 0 aliphatic heterocycles. The van der Waals surface area contributed by atoms with E-state index in [4.69, 9.17) is 0 Å². The molecule has 0 amide bonds. The van der Waals surface area contributed by atoms with Gasteiger partial charge in [0.15, 0.2) is 0 Å². The summed E-state index contributed by atoms with van der Waals surface area (Å²) in [5, 5.41) is 0. The fourth-order valence-corrected chi connectivity index (χ4v) is 6.32. The molecule has 2 aliphatic rings. The number of benzene rings is 2. The van der Waals surface area contributed by atoms with Crippen LogP contribution in [-0.4, -0.2) is 0 Å². The Morgan fingerprint density at radius 1 is 0.714 bits per heavy atom. The Kier molecular flexibility index (Phi) is 10.1. The van der Waals surface area contributed by atoms with Gasteiger partial charge in [0.05, 0.1) is 0 Å². The molecule has 0 aromatic heterocycles. The maximum Gasteiger partial charge on any atom is 0.0249 e. The third kappa shape index (κ3) is 7.87. The van der Waals surface area contributed by atoms with Crippen molar-refractivity contribution >= 4 is 0 Å². The number of hydrogen-bond acceptors (Lipinski definition) is 0. The van der Waals surface area contributed by atoms with Crippen LogP contribution in [0.15, 0.2) is 60.7 Å². The summed E-state index contributed by atoms with van der Waals surface area (Å²) < 4.78 is 0. The maximum atomic E-state index is 3.36. The van der Waals surface area contributed by atoms with Gasteiger partial charge in [-0.3, -0.25) is 0 Å². The summed E-state index contributed by atoms with van der Waals surface area (Å²) >= 11 is 0. The van der Waals surface area contributed by atoms with Crippen molar-refractivity contribution in [1.82, 2.24) is 0 Å². The molecule has 2 fully saturated rings. The zero-order chi connectivity index (χ0) is 24.3. The summed E-state index contributed by atoms with van der Waals surface area (Å²) in [4.78, 5) is 0. The Balaban J connectivity index is 1.20. The first-order chi connectivity index (χ1) is 17.2. The van der Waals surface area contributed by atoms with Crippen molar-refractivity contribution in [1.29, 1.82) is 0 Å². The number of rotatable bonds is 8. The average molecular weight is 467 g/mol. The van der Waals surface area contributed by atoms with Crippen LogP contribution >= 0.6 is 0 Å². The van der Waals surface area contributed by atoms with Crippen LogP contribution in [0.2, 0.25) is 0 Å². The van der Waals surface area contributed by atoms with Crippen molar-refractivity contribution in [3.8, 4) is 11.8 Å². The summed E-state index contributed by atoms with van der Waals surface area (Å²) in [5.41, 5.74) is 5.69. The molecule has 186 valence electrons. The van der Waals surface area contributed by atoms with E-state index < -0.39 is 0 Å². The molecule has 4 rings (SSSR count). The molecular weight excluding hydrogens is 420 g/mol. The summed E-state index contributed by atoms with van der Waals surface area (Å²) in [5.74, 6) is 9.84. The maximum absolute atomic E-state index is 3.36. The molecule has 35 heavy (non-hydrogen) atoms. The highest BCUT2D eigenvalue weighted by Crippen LogP contribution is 2.38. The molecule has 2 aromatic carbocycles. The number of allylic oxidation sites excluding steroid dienone is 2. The molecule has 0 unspecified atom stereocenters. The van der Waals surface area contributed by atoms with Crippen molar-refractivity contribution in [2.45, 2.75) is 109 Å². The van der Waals surface area contributed by atoms with Gasteiger partial charge in [0.1, 0.15) is 0 Å². The second-order valence-electron chi connectivity index (χ2n) is 11.2. The number of unbranched alkanes of at least 4 members (excludes halogenated alkanes) is 1. The third-order valence-corrected chi connectivity index (χ3v) is 8.62. The standard InChI is InChI=1S/C35H46/c1-3-5-9-29-14-22-33(23-15-29)35-26-18-31(19-27-35)11-7-6-10-30-16-24-34(25-17-30)32-20-12-28(8-4-2)13-21-32/h6,10,12-13,18-21,26-27,29-30,33-34H,3-5,8-9,14-17,22-25H2,1-2H3/t29-,30-,33-,34-. The molecule has 0 spiro atoms. The Bertz CT molecular complexity index is 949. The van der Waals surface area contributed by atoms with Gasteiger partial charge in [-0.05, 0) is 116 Å². The lowest BCUT2D eigenvalue weighted by molar-refractivity contribution is 0.304. The fraction of sp³-hybridized carbons (Fsp3) is 0.543. The van der Waals surface area contributed by atoms with Crippen LogP contribution in [0.1, 0.15) is 125 Å². The zero-order valence-corrected chi connectivity index (χ0v) is 22.3. The topological polar surface area (TPSA) is 0 Å². The van der Waals surface area contributed by atoms with E-state index in [0.717, 1.165) is 23.3 Å². The molecule has 0 radical (unpaired) electrons. The molecule has 2 aromatic rings. The number of hydrogen-bond donors (Lipinski definition) is 0. The van der Waals surface area contributed by atoms with Crippen LogP contribution < -0.4 is 0 Å². The lowest BCUT2D eigenvalue weighted by Gasteiger charge is -2.28. The van der Waals surface area contributed by atoms with Gasteiger partial charge >= 0.3 is 0 Å². The molecule has 0 N–H and O–H groups in total. The molecular formula is C35H46. The number of aryl methyl sites for hydroxylation is 1. The van der Waals surface area contributed by atoms with Crippen LogP contribution in [0.3, 0.4) is 0 Å². The highest BCUT2D eigenvalue weighted by Gasteiger charge is 2.22. The van der Waals surface area contributed by atoms with Crippen molar-refractivity contribution in [2.24, 2.45) is 11.8 Å². The quantitative estimate of drug-likeness (QED) is 0.339. The van der Waals surface area contributed by atoms with Gasteiger partial charge in [0.2, 0.25) is 0 Å². The predicted octanol–water partition coefficient (Wildman–Crippen LogP) is 9.98. The molecule has 0 bridgehead atoms. The second-order valence-corrected chi connectivity index (χ2v) is 11.2. The molecule has 0 atom stereocenters. The molecule has 0 saturated heterocycles. The molecule has 2 aliphatic carbocycles. The minimum absolute atomic E-state index is 0.690. The molecule has 0 heteroatoms. The van der Waals surface area contributed by atoms with Gasteiger partial charge < -0.3 is 0 Å². The van der Waals surface area contributed by atoms with Crippen molar-refractivity contribution < 1.29 is 0 Å². The van der Waals surface area contributed by atoms with Gasteiger partial charge in [0.25, 0.3) is 0 Å². The van der Waals surface area contributed by atoms with Crippen LogP contribution in [0.25, 0.3) is 0 Å². The highest BCUT2D eigenvalue weighted by atomic mass is 14.3. The predicted molar refractivity (Wildman–Crippen MR) is 152 cm³/mol. The monoisotopic (exact) mass is 466 g/mol. The molecule has 2 saturated carbocycles. The molecule has 0 nitrogen and oxygen atoms in total. The summed E-state index contributed by atoms with van der Waals surface area (Å²) in [6.45, 7) is 4.56. The first-order valence-electron chi connectivity index (χ1n) is 14.6. The van der Waals surface area contributed by atoms with E-state index in [2.05, 4.69) is 86.4 Å². The van der Waals surface area contributed by atoms with Crippen LogP contribution in [0, 0.1) is 23.7 Å². The second kappa shape index (κ2) is 13.7. The van der Waals surface area contributed by atoms with Crippen LogP contribution in [0.5, 0.6) is 0 Å². The third-order valence-electron chi connectivity index (χ3n) is 8.62. The molecule has 0 heterocycles. The van der Waals surface area contributed by atoms with Gasteiger partial charge in [-0.25, -0.2) is 0 Å². The van der Waals surface area contributed by atoms with Gasteiger partial charge in [-0.1, -0.05) is 93.8 Å². The van der Waals surface area contributed by atoms with Gasteiger partial charge in [-0.15, -0.1) is 0 Å². The Hall–Kier alpha value is -2.26. The Labute approximate surface area is 215 Å². The van der Waals surface area contributed by atoms with Gasteiger partial charge in [0, 0.05) is 5.56 Å². The zero-order valence-electron chi connectivity index (χ0n) is 22.3. The van der Waals surface area contributed by atoms with E-state index in [9.17, 15) is 0 Å². The van der Waals surface area contributed by atoms with E-state index in [1.165, 1.54) is 94.6 Å². The summed E-state index contributed by atoms with van der Waals surface area (Å²) in [6, 6.07) is 18.6. The largest absolute Gasteiger partial charge is 0.0730 e. The first-order valence-corrected chi connectivity index (χ1v) is 14.6. The SMILES string of the molecule is CCCC[C@H]1CC[C@H](c2ccc(C#CC=C[C@H]3CC[C@H](c4ccc(CCC)cc4)CC3)cc2)CC1. The minimum Gasteiger partial charge on any atom is -0.0730 e. The van der Waals surface area contributed by atoms with E-state index in [1.807, 2.05) is 0 Å². The lowest BCUT2D eigenvalue weighted by atomic mass is 9.77. The van der Waals surface area contributed by atoms with Gasteiger partial charge in [-0.2, -0.15) is 0 Å². The smallest absolute Gasteiger partial charge is 0.0249 e. The summed E-state index contributed by atoms with van der Waals surface area (Å²) in [7, 11) is 0. The lowest BCUT2D eigenvalue weighted by Crippen LogP contribution is -2.13. The Morgan fingerprint density at radius 3 is 1.91 bits per heavy atom. The van der Waals surface area contributed by atoms with E-state index in [1.54, 1.807) is 5.56 Å².